The molecule has 3 aromatic carbocycles. The molecule has 3 heteroatoms. The number of nitrogens with zero attached hydrogens (tertiary/aromatic N) is 1. The number of hydrogen-bond donors (Lipinski definition) is 1. The minimum absolute atomic E-state index is 0.103. The van der Waals surface area contributed by atoms with Gasteiger partial charge in [-0.05, 0) is 143 Å². The van der Waals surface area contributed by atoms with Gasteiger partial charge in [0, 0.05) is 33.5 Å². The van der Waals surface area contributed by atoms with E-state index in [-0.39, 0.29) is 16.9 Å². The molecular formula is C59H56N2O. The van der Waals surface area contributed by atoms with Crippen LogP contribution in [0.3, 0.4) is 0 Å². The van der Waals surface area contributed by atoms with Crippen LogP contribution in [0.15, 0.2) is 154 Å². The topological polar surface area (TPSA) is 37.5 Å². The lowest BCUT2D eigenvalue weighted by molar-refractivity contribution is 0.205. The lowest BCUT2D eigenvalue weighted by Crippen LogP contribution is -2.38. The molecule has 1 N–H and O–H groups in total. The first kappa shape index (κ1) is 36.1. The lowest BCUT2D eigenvalue weighted by Gasteiger charge is -2.44. The predicted molar refractivity (Wildman–Crippen MR) is 254 cm³/mol. The van der Waals surface area contributed by atoms with Crippen LogP contribution in [-0.4, -0.2) is 5.84 Å². The average molecular weight is 809 g/mol. The molecule has 3 spiro atoms. The van der Waals surface area contributed by atoms with Crippen LogP contribution in [0.25, 0.3) is 22.1 Å². The van der Waals surface area contributed by atoms with Gasteiger partial charge in [-0.25, -0.2) is 4.99 Å². The van der Waals surface area contributed by atoms with Crippen molar-refractivity contribution in [1.82, 2.24) is 5.32 Å². The molecule has 3 fully saturated rings. The largest absolute Gasteiger partial charge is 0.456 e. The monoisotopic (exact) mass is 808 g/mol. The Morgan fingerprint density at radius 1 is 0.790 bits per heavy atom. The van der Waals surface area contributed by atoms with Gasteiger partial charge in [0.15, 0.2) is 5.76 Å². The van der Waals surface area contributed by atoms with Crippen molar-refractivity contribution in [1.29, 1.82) is 0 Å². The Morgan fingerprint density at radius 2 is 1.63 bits per heavy atom. The number of furan rings is 1. The van der Waals surface area contributed by atoms with Crippen LogP contribution < -0.4 is 5.32 Å². The molecule has 1 aromatic heterocycles. The third-order valence-corrected chi connectivity index (χ3v) is 17.8. The molecule has 4 aromatic rings. The van der Waals surface area contributed by atoms with E-state index in [4.69, 9.17) is 9.41 Å². The van der Waals surface area contributed by atoms with Crippen LogP contribution in [0.4, 0.5) is 5.69 Å². The quantitative estimate of drug-likeness (QED) is 0.223. The number of amidine groups is 1. The Balaban J connectivity index is 0.743. The zero-order valence-electron chi connectivity index (χ0n) is 35.9. The van der Waals surface area contributed by atoms with Crippen LogP contribution >= 0.6 is 0 Å². The maximum atomic E-state index is 6.51. The second-order valence-electron chi connectivity index (χ2n) is 20.5. The zero-order chi connectivity index (χ0) is 40.6. The molecular weight excluding hydrogens is 753 g/mol. The fraction of sp³-hybridized carbons (Fsp3) is 0.373. The summed E-state index contributed by atoms with van der Waals surface area (Å²) in [5.74, 6) is 3.57. The number of aliphatic imine (C=N–C) groups is 1. The molecule has 0 amide bonds. The van der Waals surface area contributed by atoms with Gasteiger partial charge in [0.25, 0.3) is 0 Å². The van der Waals surface area contributed by atoms with E-state index >= 15 is 0 Å². The molecule has 308 valence electrons. The van der Waals surface area contributed by atoms with E-state index in [1.807, 2.05) is 6.07 Å². The Bertz CT molecular complexity index is 2880. The molecule has 10 aliphatic rings. The van der Waals surface area contributed by atoms with E-state index in [0.29, 0.717) is 23.2 Å². The molecule has 3 saturated carbocycles. The third kappa shape index (κ3) is 4.86. The summed E-state index contributed by atoms with van der Waals surface area (Å²) in [5, 5.41) is 4.86. The standard InChI is InChI=1S/C59H56N2O/c1-4-14-41(15-5-1)56-60-53(55-54(61-56)44-17-7-9-19-51(44)62-55)40-26-24-38(25-27-40)37-20-22-39(23-21-37)42-28-33-59-50(34-42)52(59)46-36-48-45(35-49(46)58(59)31-12-3-13-32-58)43-16-6-8-18-47(43)57(48)29-10-2-11-30-57/h1,4,7,9,14,16-22,24-28,33-36,39,50,52-53H,2-3,5-6,8,10-13,15,23,29-32H2,(H,60,61). The van der Waals surface area contributed by atoms with Gasteiger partial charge in [0.1, 0.15) is 23.1 Å². The van der Waals surface area contributed by atoms with Crippen LogP contribution in [0.1, 0.15) is 147 Å². The van der Waals surface area contributed by atoms with Crippen molar-refractivity contribution in [3.05, 3.63) is 183 Å². The fourth-order valence-corrected chi connectivity index (χ4v) is 14.9. The maximum Gasteiger partial charge on any atom is 0.157 e. The molecule has 0 radical (unpaired) electrons. The SMILES string of the molecule is C1=CCCC(C2=Nc3c(oc4ccccc34)C(c3ccc(C4=CCC(C5=CC6C7c8cc9c(cc8C8(CCCCC8)C67C=C5)C5=CCCC=C5C95CCCCC5)C=C4)cc3)N2)=C1. The van der Waals surface area contributed by atoms with Crippen molar-refractivity contribution < 1.29 is 4.42 Å². The third-order valence-electron chi connectivity index (χ3n) is 17.8. The first-order chi connectivity index (χ1) is 30.7. The van der Waals surface area contributed by atoms with Gasteiger partial charge in [-0.15, -0.1) is 0 Å². The Hall–Kier alpha value is -5.41. The highest BCUT2D eigenvalue weighted by atomic mass is 16.3. The molecule has 5 atom stereocenters. The van der Waals surface area contributed by atoms with Crippen molar-refractivity contribution in [3.63, 3.8) is 0 Å². The van der Waals surface area contributed by atoms with E-state index < -0.39 is 0 Å². The van der Waals surface area contributed by atoms with E-state index in [0.717, 1.165) is 47.5 Å². The Labute approximate surface area is 366 Å². The number of nitrogens with one attached hydrogen (secondary N) is 1. The van der Waals surface area contributed by atoms with E-state index in [1.165, 1.54) is 99.3 Å². The summed E-state index contributed by atoms with van der Waals surface area (Å²) in [5.41, 5.74) is 19.5. The van der Waals surface area contributed by atoms with Gasteiger partial charge in [0.2, 0.25) is 0 Å². The maximum absolute atomic E-state index is 6.51. The number of hydrogen-bond acceptors (Lipinski definition) is 3. The second kappa shape index (κ2) is 13.3. The summed E-state index contributed by atoms with van der Waals surface area (Å²) < 4.78 is 6.51. The Morgan fingerprint density at radius 3 is 2.45 bits per heavy atom. The number of allylic oxidation sites excluding steroid dienone is 15. The van der Waals surface area contributed by atoms with Crippen LogP contribution in [0, 0.1) is 17.3 Å². The summed E-state index contributed by atoms with van der Waals surface area (Å²) in [6.07, 6.45) is 46.7. The molecule has 0 saturated heterocycles. The zero-order valence-corrected chi connectivity index (χ0v) is 35.9. The molecule has 2 heterocycles. The number of para-hydroxylation sites is 1. The second-order valence-corrected chi connectivity index (χ2v) is 20.5. The van der Waals surface area contributed by atoms with Gasteiger partial charge < -0.3 is 9.73 Å². The van der Waals surface area contributed by atoms with E-state index in [1.54, 1.807) is 39.0 Å². The summed E-state index contributed by atoms with van der Waals surface area (Å²) >= 11 is 0. The molecule has 62 heavy (non-hydrogen) atoms. The average Bonchev–Trinajstić information content (AvgIpc) is 3.68. The molecule has 14 rings (SSSR count). The molecule has 1 aliphatic heterocycles. The van der Waals surface area contributed by atoms with Crippen molar-refractivity contribution in [3.8, 4) is 0 Å². The fourth-order valence-electron chi connectivity index (χ4n) is 14.9. The van der Waals surface area contributed by atoms with Gasteiger partial charge in [-0.1, -0.05) is 148 Å². The van der Waals surface area contributed by atoms with Gasteiger partial charge in [-0.3, -0.25) is 0 Å². The van der Waals surface area contributed by atoms with E-state index in [9.17, 15) is 0 Å². The van der Waals surface area contributed by atoms with Crippen LogP contribution in [0.5, 0.6) is 0 Å². The van der Waals surface area contributed by atoms with Crippen molar-refractivity contribution in [2.75, 3.05) is 0 Å². The van der Waals surface area contributed by atoms with Gasteiger partial charge in [0.05, 0.1) is 0 Å². The van der Waals surface area contributed by atoms with Crippen molar-refractivity contribution >= 4 is 33.6 Å². The molecule has 5 unspecified atom stereocenters. The highest BCUT2D eigenvalue weighted by molar-refractivity contribution is 6.05. The van der Waals surface area contributed by atoms with Gasteiger partial charge in [-0.2, -0.15) is 0 Å². The normalized spacial score (nSPS) is 30.1. The molecule has 0 bridgehead atoms. The number of benzene rings is 3. The smallest absolute Gasteiger partial charge is 0.157 e. The summed E-state index contributed by atoms with van der Waals surface area (Å²) in [6.45, 7) is 0. The minimum atomic E-state index is -0.103. The van der Waals surface area contributed by atoms with Crippen molar-refractivity contribution in [2.45, 2.75) is 119 Å². The highest BCUT2D eigenvalue weighted by Crippen LogP contribution is 2.84. The molecule has 9 aliphatic carbocycles. The lowest BCUT2D eigenvalue weighted by atomic mass is 9.59. The summed E-state index contributed by atoms with van der Waals surface area (Å²) in [6, 6.07) is 23.0. The predicted octanol–water partition coefficient (Wildman–Crippen LogP) is 14.8. The first-order valence-electron chi connectivity index (χ1n) is 24.4. The first-order valence-corrected chi connectivity index (χ1v) is 24.4. The number of fused-ring (bicyclic) bond motifs is 12. The Kier molecular flexibility index (Phi) is 7.75. The van der Waals surface area contributed by atoms with Gasteiger partial charge >= 0.3 is 0 Å². The summed E-state index contributed by atoms with van der Waals surface area (Å²) in [4.78, 5) is 5.14. The minimum Gasteiger partial charge on any atom is -0.456 e. The molecule has 3 nitrogen and oxygen atoms in total. The van der Waals surface area contributed by atoms with Crippen LogP contribution in [-0.2, 0) is 10.8 Å². The van der Waals surface area contributed by atoms with E-state index in [2.05, 4.69) is 127 Å². The number of rotatable bonds is 4. The van der Waals surface area contributed by atoms with Crippen molar-refractivity contribution in [2.24, 2.45) is 22.2 Å². The van der Waals surface area contributed by atoms with Crippen LogP contribution in [0.2, 0.25) is 0 Å². The highest BCUT2D eigenvalue weighted by Gasteiger charge is 2.77. The summed E-state index contributed by atoms with van der Waals surface area (Å²) in [7, 11) is 0.